The molecule has 0 amide bonds. The quantitative estimate of drug-likeness (QED) is 0.660. The second-order valence-electron chi connectivity index (χ2n) is 6.99. The maximum atomic E-state index is 9.99. The van der Waals surface area contributed by atoms with E-state index in [2.05, 4.69) is 47.0 Å². The molecule has 0 aliphatic rings. The zero-order chi connectivity index (χ0) is 19.4. The summed E-state index contributed by atoms with van der Waals surface area (Å²) >= 11 is 0. The van der Waals surface area contributed by atoms with Crippen molar-refractivity contribution in [1.29, 1.82) is 0 Å². The van der Waals surface area contributed by atoms with Gasteiger partial charge in [0.05, 0.1) is 20.3 Å². The Labute approximate surface area is 160 Å². The summed E-state index contributed by atoms with van der Waals surface area (Å²) in [5, 5.41) is 11.2. The molecular formula is C22H28N2O3. The van der Waals surface area contributed by atoms with Gasteiger partial charge in [-0.3, -0.25) is 4.90 Å². The Kier molecular flexibility index (Phi) is 6.04. The molecule has 0 saturated heterocycles. The topological polar surface area (TPSA) is 46.9 Å². The van der Waals surface area contributed by atoms with E-state index in [0.29, 0.717) is 13.1 Å². The largest absolute Gasteiger partial charge is 0.493 e. The summed E-state index contributed by atoms with van der Waals surface area (Å²) in [6, 6.07) is 14.4. The Morgan fingerprint density at radius 2 is 1.78 bits per heavy atom. The van der Waals surface area contributed by atoms with Crippen LogP contribution in [0.15, 0.2) is 48.7 Å². The van der Waals surface area contributed by atoms with Gasteiger partial charge in [-0.25, -0.2) is 0 Å². The molecule has 1 N–H and O–H groups in total. The van der Waals surface area contributed by atoms with Crippen LogP contribution in [0.25, 0.3) is 10.9 Å². The SMILES string of the molecule is COc1ccc(CN(Cc2cn(C)c3ccccc23)C[C@@H](C)O)cc1OC. The van der Waals surface area contributed by atoms with Gasteiger partial charge < -0.3 is 19.1 Å². The van der Waals surface area contributed by atoms with Crippen LogP contribution in [0.4, 0.5) is 0 Å². The third-order valence-electron chi connectivity index (χ3n) is 4.75. The molecule has 5 heteroatoms. The third-order valence-corrected chi connectivity index (χ3v) is 4.75. The van der Waals surface area contributed by atoms with Crippen molar-refractivity contribution < 1.29 is 14.6 Å². The third kappa shape index (κ3) is 4.43. The minimum absolute atomic E-state index is 0.403. The van der Waals surface area contributed by atoms with Gasteiger partial charge in [-0.1, -0.05) is 24.3 Å². The fourth-order valence-corrected chi connectivity index (χ4v) is 3.59. The standard InChI is InChI=1S/C22H28N2O3/c1-16(25)12-24(13-17-9-10-21(26-3)22(11-17)27-4)15-18-14-23(2)20-8-6-5-7-19(18)20/h5-11,14,16,25H,12-13,15H2,1-4H3/t16-/m1/s1. The van der Waals surface area contributed by atoms with E-state index in [9.17, 15) is 5.11 Å². The second kappa shape index (κ2) is 8.46. The van der Waals surface area contributed by atoms with Crippen LogP contribution in [-0.4, -0.2) is 41.4 Å². The van der Waals surface area contributed by atoms with Crippen LogP contribution in [0.3, 0.4) is 0 Å². The van der Waals surface area contributed by atoms with Crippen LogP contribution >= 0.6 is 0 Å². The van der Waals surface area contributed by atoms with E-state index in [1.54, 1.807) is 14.2 Å². The number of aromatic nitrogens is 1. The molecule has 27 heavy (non-hydrogen) atoms. The lowest BCUT2D eigenvalue weighted by molar-refractivity contribution is 0.118. The maximum Gasteiger partial charge on any atom is 0.161 e. The molecule has 2 aromatic carbocycles. The van der Waals surface area contributed by atoms with Crippen LogP contribution in [0.5, 0.6) is 11.5 Å². The van der Waals surface area contributed by atoms with Gasteiger partial charge in [-0.15, -0.1) is 0 Å². The van der Waals surface area contributed by atoms with Crippen LogP contribution in [-0.2, 0) is 20.1 Å². The molecule has 3 aromatic rings. The van der Waals surface area contributed by atoms with E-state index in [1.165, 1.54) is 16.5 Å². The van der Waals surface area contributed by atoms with Gasteiger partial charge in [0.25, 0.3) is 0 Å². The molecule has 0 unspecified atom stereocenters. The molecule has 144 valence electrons. The lowest BCUT2D eigenvalue weighted by Crippen LogP contribution is -2.30. The van der Waals surface area contributed by atoms with E-state index in [0.717, 1.165) is 23.6 Å². The highest BCUT2D eigenvalue weighted by Crippen LogP contribution is 2.29. The zero-order valence-corrected chi connectivity index (χ0v) is 16.5. The molecule has 5 nitrogen and oxygen atoms in total. The fraction of sp³-hybridized carbons (Fsp3) is 0.364. The van der Waals surface area contributed by atoms with Crippen molar-refractivity contribution in [3.8, 4) is 11.5 Å². The van der Waals surface area contributed by atoms with Crippen LogP contribution in [0, 0.1) is 0 Å². The number of nitrogens with zero attached hydrogens (tertiary/aromatic N) is 2. The minimum atomic E-state index is -0.403. The van der Waals surface area contributed by atoms with Crippen molar-refractivity contribution in [3.05, 3.63) is 59.8 Å². The van der Waals surface area contributed by atoms with Gasteiger partial charge in [-0.2, -0.15) is 0 Å². The van der Waals surface area contributed by atoms with Gasteiger partial charge in [-0.05, 0) is 36.2 Å². The first-order chi connectivity index (χ1) is 13.0. The molecule has 0 aliphatic carbocycles. The van der Waals surface area contributed by atoms with E-state index in [4.69, 9.17) is 9.47 Å². The van der Waals surface area contributed by atoms with Crippen molar-refractivity contribution in [1.82, 2.24) is 9.47 Å². The first-order valence-corrected chi connectivity index (χ1v) is 9.16. The number of hydrogen-bond donors (Lipinski definition) is 1. The summed E-state index contributed by atoms with van der Waals surface area (Å²) in [5.41, 5.74) is 3.60. The number of fused-ring (bicyclic) bond motifs is 1. The van der Waals surface area contributed by atoms with Gasteiger partial charge in [0.15, 0.2) is 11.5 Å². The van der Waals surface area contributed by atoms with Crippen molar-refractivity contribution in [2.24, 2.45) is 7.05 Å². The van der Waals surface area contributed by atoms with Crippen molar-refractivity contribution in [2.45, 2.75) is 26.1 Å². The summed E-state index contributed by atoms with van der Waals surface area (Å²) in [6.45, 7) is 3.90. The number of rotatable bonds is 8. The molecule has 0 fully saturated rings. The Bertz CT molecular complexity index is 902. The number of benzene rings is 2. The van der Waals surface area contributed by atoms with Gasteiger partial charge in [0, 0.05) is 43.8 Å². The summed E-state index contributed by atoms with van der Waals surface area (Å²) in [6.07, 6.45) is 1.77. The molecule has 1 atom stereocenters. The zero-order valence-electron chi connectivity index (χ0n) is 16.5. The molecule has 0 radical (unpaired) electrons. The first kappa shape index (κ1) is 19.3. The number of aliphatic hydroxyl groups excluding tert-OH is 1. The Morgan fingerprint density at radius 3 is 2.48 bits per heavy atom. The molecule has 0 aliphatic heterocycles. The molecule has 1 aromatic heterocycles. The van der Waals surface area contributed by atoms with E-state index in [-0.39, 0.29) is 0 Å². The fourth-order valence-electron chi connectivity index (χ4n) is 3.59. The average Bonchev–Trinajstić information content (AvgIpc) is 2.97. The molecule has 1 heterocycles. The number of para-hydroxylation sites is 1. The van der Waals surface area contributed by atoms with Gasteiger partial charge in [0.1, 0.15) is 0 Å². The van der Waals surface area contributed by atoms with Gasteiger partial charge >= 0.3 is 0 Å². The van der Waals surface area contributed by atoms with Crippen LogP contribution < -0.4 is 9.47 Å². The maximum absolute atomic E-state index is 9.99. The molecule has 0 saturated carbocycles. The highest BCUT2D eigenvalue weighted by molar-refractivity contribution is 5.83. The highest BCUT2D eigenvalue weighted by atomic mass is 16.5. The van der Waals surface area contributed by atoms with Crippen LogP contribution in [0.2, 0.25) is 0 Å². The molecule has 0 bridgehead atoms. The molecular weight excluding hydrogens is 340 g/mol. The second-order valence-corrected chi connectivity index (χ2v) is 6.99. The number of aliphatic hydroxyl groups is 1. The predicted molar refractivity (Wildman–Crippen MR) is 108 cm³/mol. The number of methoxy groups -OCH3 is 2. The number of hydrogen-bond acceptors (Lipinski definition) is 4. The number of aryl methyl sites for hydroxylation is 1. The van der Waals surface area contributed by atoms with Crippen molar-refractivity contribution in [2.75, 3.05) is 20.8 Å². The Morgan fingerprint density at radius 1 is 1.04 bits per heavy atom. The average molecular weight is 368 g/mol. The monoisotopic (exact) mass is 368 g/mol. The van der Waals surface area contributed by atoms with Crippen molar-refractivity contribution >= 4 is 10.9 Å². The predicted octanol–water partition coefficient (Wildman–Crippen LogP) is 3.58. The summed E-state index contributed by atoms with van der Waals surface area (Å²) < 4.78 is 12.9. The lowest BCUT2D eigenvalue weighted by Gasteiger charge is -2.24. The van der Waals surface area contributed by atoms with E-state index < -0.39 is 6.10 Å². The van der Waals surface area contributed by atoms with E-state index >= 15 is 0 Å². The number of ether oxygens (including phenoxy) is 2. The Hall–Kier alpha value is -2.50. The highest BCUT2D eigenvalue weighted by Gasteiger charge is 2.15. The van der Waals surface area contributed by atoms with Crippen LogP contribution in [0.1, 0.15) is 18.1 Å². The summed E-state index contributed by atoms with van der Waals surface area (Å²) in [4.78, 5) is 2.26. The summed E-state index contributed by atoms with van der Waals surface area (Å²) in [5.74, 6) is 1.44. The molecule has 0 spiro atoms. The smallest absolute Gasteiger partial charge is 0.161 e. The normalized spacial score (nSPS) is 12.5. The minimum Gasteiger partial charge on any atom is -0.493 e. The first-order valence-electron chi connectivity index (χ1n) is 9.16. The Balaban J connectivity index is 1.86. The van der Waals surface area contributed by atoms with Gasteiger partial charge in [0.2, 0.25) is 0 Å². The summed E-state index contributed by atoms with van der Waals surface area (Å²) in [7, 11) is 5.35. The molecule has 3 rings (SSSR count). The van der Waals surface area contributed by atoms with E-state index in [1.807, 2.05) is 25.1 Å². The van der Waals surface area contributed by atoms with Crippen molar-refractivity contribution in [3.63, 3.8) is 0 Å². The lowest BCUT2D eigenvalue weighted by atomic mass is 10.1.